The van der Waals surface area contributed by atoms with Gasteiger partial charge in [-0.1, -0.05) is 60.1 Å². The molecule has 3 nitrogen and oxygen atoms in total. The highest BCUT2D eigenvalue weighted by molar-refractivity contribution is 9.10. The SMILES string of the molecule is COc1cc(CNC(C)c2ccccc2)cc(Br)c1OCc1ccccc1Cl.Cl. The van der Waals surface area contributed by atoms with E-state index < -0.39 is 0 Å². The number of halogens is 3. The molecule has 0 bridgehead atoms. The van der Waals surface area contributed by atoms with E-state index in [0.29, 0.717) is 23.1 Å². The molecule has 6 heteroatoms. The highest BCUT2D eigenvalue weighted by atomic mass is 79.9. The summed E-state index contributed by atoms with van der Waals surface area (Å²) in [4.78, 5) is 0. The first-order valence-electron chi connectivity index (χ1n) is 9.09. The fourth-order valence-corrected chi connectivity index (χ4v) is 3.71. The summed E-state index contributed by atoms with van der Waals surface area (Å²) in [7, 11) is 1.65. The van der Waals surface area contributed by atoms with Gasteiger partial charge >= 0.3 is 0 Å². The summed E-state index contributed by atoms with van der Waals surface area (Å²) in [5.74, 6) is 1.35. The van der Waals surface area contributed by atoms with Crippen LogP contribution in [0.2, 0.25) is 5.02 Å². The number of hydrogen-bond donors (Lipinski definition) is 1. The normalized spacial score (nSPS) is 11.4. The molecule has 0 aromatic heterocycles. The third-order valence-electron chi connectivity index (χ3n) is 4.53. The molecule has 1 N–H and O–H groups in total. The zero-order valence-corrected chi connectivity index (χ0v) is 19.5. The van der Waals surface area contributed by atoms with Crippen LogP contribution in [-0.2, 0) is 13.2 Å². The second-order valence-corrected chi connectivity index (χ2v) is 7.76. The Labute approximate surface area is 191 Å². The highest BCUT2D eigenvalue weighted by Gasteiger charge is 2.13. The molecule has 0 spiro atoms. The van der Waals surface area contributed by atoms with Crippen LogP contribution in [0.5, 0.6) is 11.5 Å². The minimum absolute atomic E-state index is 0. The lowest BCUT2D eigenvalue weighted by atomic mass is 10.1. The summed E-state index contributed by atoms with van der Waals surface area (Å²) in [6, 6.07) is 22.3. The van der Waals surface area contributed by atoms with Gasteiger partial charge < -0.3 is 14.8 Å². The van der Waals surface area contributed by atoms with Crippen LogP contribution in [0.3, 0.4) is 0 Å². The van der Waals surface area contributed by atoms with E-state index >= 15 is 0 Å². The van der Waals surface area contributed by atoms with Crippen molar-refractivity contribution in [2.24, 2.45) is 0 Å². The Morgan fingerprint density at radius 1 is 1.03 bits per heavy atom. The average Bonchev–Trinajstić information content (AvgIpc) is 2.72. The molecule has 0 heterocycles. The van der Waals surface area contributed by atoms with Crippen molar-refractivity contribution >= 4 is 39.9 Å². The van der Waals surface area contributed by atoms with Gasteiger partial charge in [-0.2, -0.15) is 0 Å². The zero-order chi connectivity index (χ0) is 19.9. The molecule has 154 valence electrons. The molecule has 1 atom stereocenters. The Balaban J connectivity index is 0.00000300. The first-order chi connectivity index (χ1) is 13.6. The van der Waals surface area contributed by atoms with Crippen LogP contribution in [0, 0.1) is 0 Å². The standard InChI is InChI=1S/C23H23BrClNO2.ClH/c1-16(18-8-4-3-5-9-18)26-14-17-12-20(24)23(22(13-17)27-2)28-15-19-10-6-7-11-21(19)25;/h3-13,16,26H,14-15H2,1-2H3;1H. The van der Waals surface area contributed by atoms with Gasteiger partial charge in [0.2, 0.25) is 0 Å². The quantitative estimate of drug-likeness (QED) is 0.365. The molecule has 3 aromatic rings. The van der Waals surface area contributed by atoms with Crippen molar-refractivity contribution in [1.29, 1.82) is 0 Å². The molecule has 1 unspecified atom stereocenters. The van der Waals surface area contributed by atoms with E-state index in [9.17, 15) is 0 Å². The van der Waals surface area contributed by atoms with E-state index in [4.69, 9.17) is 21.1 Å². The number of rotatable bonds is 8. The molecule has 0 saturated heterocycles. The molecule has 0 aliphatic rings. The minimum atomic E-state index is 0. The van der Waals surface area contributed by atoms with E-state index in [2.05, 4.69) is 58.5 Å². The minimum Gasteiger partial charge on any atom is -0.493 e. The van der Waals surface area contributed by atoms with Gasteiger partial charge in [-0.15, -0.1) is 12.4 Å². The largest absolute Gasteiger partial charge is 0.493 e. The van der Waals surface area contributed by atoms with E-state index in [0.717, 1.165) is 22.1 Å². The Kier molecular flexibility index (Phi) is 9.31. The summed E-state index contributed by atoms with van der Waals surface area (Å²) in [5, 5.41) is 4.23. The van der Waals surface area contributed by atoms with Crippen molar-refractivity contribution < 1.29 is 9.47 Å². The fourth-order valence-electron chi connectivity index (χ4n) is 2.91. The Morgan fingerprint density at radius 2 is 1.72 bits per heavy atom. The van der Waals surface area contributed by atoms with E-state index in [1.54, 1.807) is 7.11 Å². The van der Waals surface area contributed by atoms with Crippen LogP contribution in [-0.4, -0.2) is 7.11 Å². The zero-order valence-electron chi connectivity index (χ0n) is 16.3. The van der Waals surface area contributed by atoms with Crippen LogP contribution in [0.4, 0.5) is 0 Å². The summed E-state index contributed by atoms with van der Waals surface area (Å²) in [6.45, 7) is 3.25. The van der Waals surface area contributed by atoms with Crippen LogP contribution >= 0.6 is 39.9 Å². The molecular weight excluding hydrogens is 473 g/mol. The van der Waals surface area contributed by atoms with Gasteiger partial charge in [0.15, 0.2) is 11.5 Å². The highest BCUT2D eigenvalue weighted by Crippen LogP contribution is 2.37. The van der Waals surface area contributed by atoms with Crippen molar-refractivity contribution in [3.05, 3.63) is 92.9 Å². The van der Waals surface area contributed by atoms with Gasteiger partial charge in [-0.3, -0.25) is 0 Å². The second-order valence-electron chi connectivity index (χ2n) is 6.50. The maximum atomic E-state index is 6.22. The molecule has 0 fully saturated rings. The molecular formula is C23H24BrCl2NO2. The van der Waals surface area contributed by atoms with Crippen LogP contribution in [0.1, 0.15) is 29.7 Å². The number of ether oxygens (including phenoxy) is 2. The first kappa shape index (κ1) is 23.6. The summed E-state index contributed by atoms with van der Waals surface area (Å²) < 4.78 is 12.4. The molecule has 3 aromatic carbocycles. The summed E-state index contributed by atoms with van der Waals surface area (Å²) >= 11 is 9.84. The van der Waals surface area contributed by atoms with Crippen LogP contribution in [0.15, 0.2) is 71.2 Å². The van der Waals surface area contributed by atoms with Crippen molar-refractivity contribution in [3.8, 4) is 11.5 Å². The van der Waals surface area contributed by atoms with Crippen molar-refractivity contribution in [2.75, 3.05) is 7.11 Å². The lowest BCUT2D eigenvalue weighted by Gasteiger charge is -2.17. The molecule has 0 amide bonds. The number of methoxy groups -OCH3 is 1. The van der Waals surface area contributed by atoms with Crippen LogP contribution < -0.4 is 14.8 Å². The molecule has 29 heavy (non-hydrogen) atoms. The predicted molar refractivity (Wildman–Crippen MR) is 125 cm³/mol. The van der Waals surface area contributed by atoms with Crippen LogP contribution in [0.25, 0.3) is 0 Å². The molecule has 3 rings (SSSR count). The van der Waals surface area contributed by atoms with Gasteiger partial charge in [0.05, 0.1) is 11.6 Å². The molecule has 0 radical (unpaired) electrons. The number of benzene rings is 3. The maximum Gasteiger partial charge on any atom is 0.175 e. The van der Waals surface area contributed by atoms with Gasteiger partial charge in [0.25, 0.3) is 0 Å². The van der Waals surface area contributed by atoms with E-state index in [-0.39, 0.29) is 18.4 Å². The Hall–Kier alpha value is -1.72. The monoisotopic (exact) mass is 495 g/mol. The molecule has 0 saturated carbocycles. The smallest absolute Gasteiger partial charge is 0.175 e. The summed E-state index contributed by atoms with van der Waals surface area (Å²) in [6.07, 6.45) is 0. The fraction of sp³-hybridized carbons (Fsp3) is 0.217. The molecule has 0 aliphatic heterocycles. The van der Waals surface area contributed by atoms with Gasteiger partial charge in [-0.25, -0.2) is 0 Å². The lowest BCUT2D eigenvalue weighted by molar-refractivity contribution is 0.282. The Bertz CT molecular complexity index is 922. The first-order valence-corrected chi connectivity index (χ1v) is 10.3. The second kappa shape index (κ2) is 11.5. The number of nitrogens with one attached hydrogen (secondary N) is 1. The average molecular weight is 497 g/mol. The van der Waals surface area contributed by atoms with Crippen molar-refractivity contribution in [1.82, 2.24) is 5.32 Å². The summed E-state index contributed by atoms with van der Waals surface area (Å²) in [5.41, 5.74) is 3.30. The van der Waals surface area contributed by atoms with Gasteiger partial charge in [-0.05, 0) is 52.2 Å². The van der Waals surface area contributed by atoms with Crippen molar-refractivity contribution in [3.63, 3.8) is 0 Å². The van der Waals surface area contributed by atoms with E-state index in [1.807, 2.05) is 36.4 Å². The lowest BCUT2D eigenvalue weighted by Crippen LogP contribution is -2.18. The third-order valence-corrected chi connectivity index (χ3v) is 5.49. The van der Waals surface area contributed by atoms with Gasteiger partial charge in [0, 0.05) is 23.2 Å². The molecule has 0 aliphatic carbocycles. The Morgan fingerprint density at radius 3 is 2.41 bits per heavy atom. The predicted octanol–water partition coefficient (Wildman–Crippen LogP) is 6.96. The topological polar surface area (TPSA) is 30.5 Å². The van der Waals surface area contributed by atoms with Crippen molar-refractivity contribution in [2.45, 2.75) is 26.1 Å². The maximum absolute atomic E-state index is 6.22. The van der Waals surface area contributed by atoms with E-state index in [1.165, 1.54) is 5.56 Å². The van der Waals surface area contributed by atoms with Gasteiger partial charge in [0.1, 0.15) is 6.61 Å². The number of hydrogen-bond acceptors (Lipinski definition) is 3. The third kappa shape index (κ3) is 6.38.